The maximum absolute atomic E-state index is 12.8. The number of carbonyl (C=O) groups is 1. The number of benzene rings is 1. The number of piperidine rings is 1. The summed E-state index contributed by atoms with van der Waals surface area (Å²) in [4.78, 5) is 14.8. The molecule has 1 N–H and O–H groups in total. The fourth-order valence-corrected chi connectivity index (χ4v) is 3.80. The second-order valence-electron chi connectivity index (χ2n) is 7.11. The van der Waals surface area contributed by atoms with E-state index in [0.717, 1.165) is 51.1 Å². The van der Waals surface area contributed by atoms with Crippen LogP contribution >= 0.6 is 0 Å². The van der Waals surface area contributed by atoms with Crippen molar-refractivity contribution in [2.75, 3.05) is 13.1 Å². The minimum absolute atomic E-state index is 0.0858. The van der Waals surface area contributed by atoms with E-state index in [1.807, 2.05) is 23.1 Å². The van der Waals surface area contributed by atoms with Gasteiger partial charge in [-0.2, -0.15) is 0 Å². The highest BCUT2D eigenvalue weighted by Crippen LogP contribution is 2.29. The van der Waals surface area contributed by atoms with Crippen LogP contribution in [0.5, 0.6) is 5.75 Å². The molecule has 1 atom stereocenters. The number of para-hydroxylation sites is 1. The third-order valence-electron chi connectivity index (χ3n) is 5.31. The topological polar surface area (TPSA) is 80.5 Å². The molecule has 2 aliphatic rings. The lowest BCUT2D eigenvalue weighted by Crippen LogP contribution is -2.47. The standard InChI is InChI=1S/C19H24N4O3/c24-13-16-12-23(21-20-16)11-14-7-9-22(10-8-14)19(25)18-6-5-15-3-1-2-4-17(15)26-18/h1-4,12,14,18,24H,5-11,13H2/t18-/m0/s1. The zero-order chi connectivity index (χ0) is 17.9. The highest BCUT2D eigenvalue weighted by atomic mass is 16.5. The van der Waals surface area contributed by atoms with Gasteiger partial charge in [0.15, 0.2) is 6.10 Å². The van der Waals surface area contributed by atoms with E-state index in [0.29, 0.717) is 11.6 Å². The molecule has 2 aliphatic heterocycles. The summed E-state index contributed by atoms with van der Waals surface area (Å²) in [6, 6.07) is 7.96. The van der Waals surface area contributed by atoms with Gasteiger partial charge in [-0.3, -0.25) is 9.48 Å². The molecule has 1 aromatic heterocycles. The number of aliphatic hydroxyl groups is 1. The van der Waals surface area contributed by atoms with Gasteiger partial charge < -0.3 is 14.7 Å². The van der Waals surface area contributed by atoms with Gasteiger partial charge in [0.1, 0.15) is 11.4 Å². The first-order chi connectivity index (χ1) is 12.7. The van der Waals surface area contributed by atoms with Crippen LogP contribution in [0.4, 0.5) is 0 Å². The van der Waals surface area contributed by atoms with Gasteiger partial charge in [0.2, 0.25) is 0 Å². The molecule has 0 saturated carbocycles. The maximum atomic E-state index is 12.8. The van der Waals surface area contributed by atoms with E-state index in [1.165, 1.54) is 5.56 Å². The summed E-state index contributed by atoms with van der Waals surface area (Å²) in [6.45, 7) is 2.21. The van der Waals surface area contributed by atoms with Crippen LogP contribution < -0.4 is 4.74 Å². The molecule has 2 aromatic rings. The first-order valence-electron chi connectivity index (χ1n) is 9.26. The Morgan fingerprint density at radius 2 is 2.04 bits per heavy atom. The summed E-state index contributed by atoms with van der Waals surface area (Å²) in [7, 11) is 0. The van der Waals surface area contributed by atoms with Crippen molar-refractivity contribution in [2.24, 2.45) is 5.92 Å². The molecule has 7 nitrogen and oxygen atoms in total. The molecular weight excluding hydrogens is 332 g/mol. The lowest BCUT2D eigenvalue weighted by atomic mass is 9.95. The number of ether oxygens (including phenoxy) is 1. The summed E-state index contributed by atoms with van der Waals surface area (Å²) in [6.07, 6.45) is 4.96. The third-order valence-corrected chi connectivity index (χ3v) is 5.31. The van der Waals surface area contributed by atoms with E-state index in [9.17, 15) is 4.79 Å². The molecule has 1 amide bonds. The SMILES string of the molecule is O=C([C@@H]1CCc2ccccc2O1)N1CCC(Cn2cc(CO)nn2)CC1. The molecule has 1 saturated heterocycles. The quantitative estimate of drug-likeness (QED) is 0.896. The van der Waals surface area contributed by atoms with Crippen LogP contribution in [0.25, 0.3) is 0 Å². The lowest BCUT2D eigenvalue weighted by molar-refractivity contribution is -0.141. The maximum Gasteiger partial charge on any atom is 0.263 e. The molecule has 0 radical (unpaired) electrons. The van der Waals surface area contributed by atoms with Crippen LogP contribution in [0.2, 0.25) is 0 Å². The average Bonchev–Trinajstić information content (AvgIpc) is 3.15. The second kappa shape index (κ2) is 7.45. The van der Waals surface area contributed by atoms with Crippen LogP contribution in [0.1, 0.15) is 30.5 Å². The Hall–Kier alpha value is -2.41. The largest absolute Gasteiger partial charge is 0.480 e. The first kappa shape index (κ1) is 17.0. The summed E-state index contributed by atoms with van der Waals surface area (Å²) in [5.41, 5.74) is 1.78. The number of aryl methyl sites for hydroxylation is 1. The monoisotopic (exact) mass is 356 g/mol. The number of aliphatic hydroxyl groups excluding tert-OH is 1. The van der Waals surface area contributed by atoms with Crippen molar-refractivity contribution in [1.82, 2.24) is 19.9 Å². The van der Waals surface area contributed by atoms with Crippen molar-refractivity contribution in [3.63, 3.8) is 0 Å². The Morgan fingerprint density at radius 3 is 2.81 bits per heavy atom. The van der Waals surface area contributed by atoms with E-state index >= 15 is 0 Å². The Bertz CT molecular complexity index is 768. The summed E-state index contributed by atoms with van der Waals surface area (Å²) >= 11 is 0. The minimum atomic E-state index is -0.358. The predicted molar refractivity (Wildman–Crippen MR) is 94.4 cm³/mol. The number of fused-ring (bicyclic) bond motifs is 1. The van der Waals surface area contributed by atoms with E-state index in [2.05, 4.69) is 16.4 Å². The van der Waals surface area contributed by atoms with Crippen LogP contribution in [0, 0.1) is 5.92 Å². The van der Waals surface area contributed by atoms with Gasteiger partial charge in [-0.25, -0.2) is 0 Å². The van der Waals surface area contributed by atoms with Crippen LogP contribution in [-0.4, -0.2) is 50.1 Å². The molecule has 0 unspecified atom stereocenters. The molecule has 4 rings (SSSR count). The zero-order valence-corrected chi connectivity index (χ0v) is 14.8. The molecular formula is C19H24N4O3. The summed E-state index contributed by atoms with van der Waals surface area (Å²) in [5.74, 6) is 1.43. The highest BCUT2D eigenvalue weighted by molar-refractivity contribution is 5.81. The van der Waals surface area contributed by atoms with E-state index in [1.54, 1.807) is 10.9 Å². The Morgan fingerprint density at radius 1 is 1.23 bits per heavy atom. The third kappa shape index (κ3) is 3.58. The number of carbonyl (C=O) groups excluding carboxylic acids is 1. The Kier molecular flexibility index (Phi) is 4.88. The molecule has 0 aliphatic carbocycles. The lowest BCUT2D eigenvalue weighted by Gasteiger charge is -2.35. The number of hydrogen-bond acceptors (Lipinski definition) is 5. The van der Waals surface area contributed by atoms with Crippen molar-refractivity contribution in [3.05, 3.63) is 41.7 Å². The minimum Gasteiger partial charge on any atom is -0.480 e. The van der Waals surface area contributed by atoms with Gasteiger partial charge >= 0.3 is 0 Å². The Labute approximate surface area is 152 Å². The van der Waals surface area contributed by atoms with Gasteiger partial charge in [-0.1, -0.05) is 23.4 Å². The number of likely N-dealkylation sites (tertiary alicyclic amines) is 1. The fraction of sp³-hybridized carbons (Fsp3) is 0.526. The number of aromatic nitrogens is 3. The Balaban J connectivity index is 1.30. The molecule has 7 heteroatoms. The number of hydrogen-bond donors (Lipinski definition) is 1. The van der Waals surface area contributed by atoms with Gasteiger partial charge in [-0.15, -0.1) is 5.10 Å². The van der Waals surface area contributed by atoms with Gasteiger partial charge in [0.25, 0.3) is 5.91 Å². The average molecular weight is 356 g/mol. The molecule has 0 spiro atoms. The summed E-state index contributed by atoms with van der Waals surface area (Å²) in [5, 5.41) is 17.0. The van der Waals surface area contributed by atoms with Crippen molar-refractivity contribution in [2.45, 2.75) is 44.9 Å². The normalized spacial score (nSPS) is 20.5. The van der Waals surface area contributed by atoms with Gasteiger partial charge in [0.05, 0.1) is 12.8 Å². The zero-order valence-electron chi connectivity index (χ0n) is 14.8. The van der Waals surface area contributed by atoms with Crippen molar-refractivity contribution in [3.8, 4) is 5.75 Å². The van der Waals surface area contributed by atoms with Gasteiger partial charge in [-0.05, 0) is 43.2 Å². The molecule has 0 bridgehead atoms. The fourth-order valence-electron chi connectivity index (χ4n) is 3.80. The number of nitrogens with zero attached hydrogens (tertiary/aromatic N) is 4. The van der Waals surface area contributed by atoms with Crippen LogP contribution in [0.3, 0.4) is 0 Å². The number of amides is 1. The van der Waals surface area contributed by atoms with Crippen molar-refractivity contribution < 1.29 is 14.6 Å². The van der Waals surface area contributed by atoms with Crippen molar-refractivity contribution >= 4 is 5.91 Å². The molecule has 138 valence electrons. The predicted octanol–water partition coefficient (Wildman–Crippen LogP) is 1.40. The first-order valence-corrected chi connectivity index (χ1v) is 9.26. The molecule has 26 heavy (non-hydrogen) atoms. The highest BCUT2D eigenvalue weighted by Gasteiger charge is 2.32. The van der Waals surface area contributed by atoms with Gasteiger partial charge in [0, 0.05) is 19.6 Å². The second-order valence-corrected chi connectivity index (χ2v) is 7.11. The number of rotatable bonds is 4. The molecule has 3 heterocycles. The molecule has 1 aromatic carbocycles. The van der Waals surface area contributed by atoms with Crippen LogP contribution in [0.15, 0.2) is 30.5 Å². The van der Waals surface area contributed by atoms with E-state index < -0.39 is 0 Å². The van der Waals surface area contributed by atoms with Crippen LogP contribution in [-0.2, 0) is 24.4 Å². The molecule has 1 fully saturated rings. The smallest absolute Gasteiger partial charge is 0.263 e. The van der Waals surface area contributed by atoms with E-state index in [4.69, 9.17) is 9.84 Å². The van der Waals surface area contributed by atoms with E-state index in [-0.39, 0.29) is 18.6 Å². The van der Waals surface area contributed by atoms with Crippen molar-refractivity contribution in [1.29, 1.82) is 0 Å². The summed E-state index contributed by atoms with van der Waals surface area (Å²) < 4.78 is 7.73.